The third-order valence-corrected chi connectivity index (χ3v) is 5.57. The minimum atomic E-state index is 0.00387. The molecule has 28 heavy (non-hydrogen) atoms. The summed E-state index contributed by atoms with van der Waals surface area (Å²) in [6.45, 7) is 9.18. The zero-order valence-electron chi connectivity index (χ0n) is 16.4. The van der Waals surface area contributed by atoms with Crippen molar-refractivity contribution >= 4 is 28.6 Å². The lowest BCUT2D eigenvalue weighted by Gasteiger charge is -2.31. The highest BCUT2D eigenvalue weighted by atomic mass is 16.2. The van der Waals surface area contributed by atoms with Gasteiger partial charge in [0.2, 0.25) is 5.91 Å². The van der Waals surface area contributed by atoms with Crippen molar-refractivity contribution in [3.63, 3.8) is 0 Å². The maximum atomic E-state index is 11.7. The van der Waals surface area contributed by atoms with Gasteiger partial charge in [0.1, 0.15) is 11.3 Å². The van der Waals surface area contributed by atoms with Gasteiger partial charge in [-0.05, 0) is 38.8 Å². The van der Waals surface area contributed by atoms with Crippen molar-refractivity contribution < 1.29 is 4.79 Å². The van der Waals surface area contributed by atoms with Gasteiger partial charge in [-0.3, -0.25) is 9.79 Å². The molecule has 0 radical (unpaired) electrons. The molecule has 7 nitrogen and oxygen atoms in total. The number of allylic oxidation sites excluding steroid dienone is 1. The summed E-state index contributed by atoms with van der Waals surface area (Å²) in [6, 6.07) is 0.456. The number of likely N-dealkylation sites (tertiary alicyclic amines) is 1. The van der Waals surface area contributed by atoms with Crippen molar-refractivity contribution in [3.8, 4) is 0 Å². The number of carbonyl (C=O) groups excluding carboxylic acids is 1. The summed E-state index contributed by atoms with van der Waals surface area (Å²) in [5.74, 6) is 0.966. The first-order valence-electron chi connectivity index (χ1n) is 9.79. The maximum absolute atomic E-state index is 11.7. The Morgan fingerprint density at radius 1 is 1.39 bits per heavy atom. The lowest BCUT2D eigenvalue weighted by Crippen LogP contribution is -2.41. The molecule has 0 saturated carbocycles. The van der Waals surface area contributed by atoms with Crippen LogP contribution < -0.4 is 5.32 Å². The van der Waals surface area contributed by atoms with Crippen LogP contribution in [0.3, 0.4) is 0 Å². The number of aliphatic imine (C=N–C) groups is 1. The molecule has 0 bridgehead atoms. The highest BCUT2D eigenvalue weighted by Gasteiger charge is 2.24. The minimum absolute atomic E-state index is 0.00387. The molecule has 2 aliphatic rings. The molecule has 0 aromatic carbocycles. The van der Waals surface area contributed by atoms with Crippen LogP contribution in [0.1, 0.15) is 38.2 Å². The highest BCUT2D eigenvalue weighted by Crippen LogP contribution is 2.31. The van der Waals surface area contributed by atoms with Crippen LogP contribution in [0.4, 0.5) is 5.82 Å². The first-order chi connectivity index (χ1) is 13.5. The number of H-pyrrole nitrogens is 1. The van der Waals surface area contributed by atoms with Crippen LogP contribution in [-0.2, 0) is 4.79 Å². The Kier molecular flexibility index (Phi) is 4.98. The van der Waals surface area contributed by atoms with E-state index in [4.69, 9.17) is 4.98 Å². The fraction of sp³-hybridized carbons (Fsp3) is 0.429. The van der Waals surface area contributed by atoms with Crippen molar-refractivity contribution in [1.82, 2.24) is 19.9 Å². The van der Waals surface area contributed by atoms with E-state index < -0.39 is 0 Å². The Balaban J connectivity index is 1.50. The molecule has 4 heterocycles. The van der Waals surface area contributed by atoms with Crippen LogP contribution in [0.15, 0.2) is 42.2 Å². The summed E-state index contributed by atoms with van der Waals surface area (Å²) in [7, 11) is 0. The molecule has 2 aromatic rings. The van der Waals surface area contributed by atoms with Crippen molar-refractivity contribution in [3.05, 3.63) is 42.8 Å². The smallest absolute Gasteiger partial charge is 0.245 e. The van der Waals surface area contributed by atoms with Gasteiger partial charge >= 0.3 is 0 Å². The standard InChI is InChI=1S/C21H26N6O/c1-4-19(28)27-9-7-15(8-10-27)25-18-12-23-21-20(26-18)17(11-22-21)16-6-5-13(2)24-14(16)3/h4-6,11-12,14-16H,1,7-10H2,2-3H3,(H,22,23)(H,25,26). The third-order valence-electron chi connectivity index (χ3n) is 5.57. The van der Waals surface area contributed by atoms with E-state index >= 15 is 0 Å². The molecule has 1 fully saturated rings. The highest BCUT2D eigenvalue weighted by molar-refractivity contribution is 5.94. The van der Waals surface area contributed by atoms with E-state index in [0.29, 0.717) is 0 Å². The second kappa shape index (κ2) is 7.58. The molecule has 1 saturated heterocycles. The number of hydrogen-bond donors (Lipinski definition) is 2. The Morgan fingerprint density at radius 2 is 2.18 bits per heavy atom. The number of aromatic nitrogens is 3. The van der Waals surface area contributed by atoms with Crippen molar-refractivity contribution in [2.24, 2.45) is 4.99 Å². The van der Waals surface area contributed by atoms with Gasteiger partial charge in [0.15, 0.2) is 5.65 Å². The number of hydrogen-bond acceptors (Lipinski definition) is 5. The topological polar surface area (TPSA) is 86.3 Å². The molecule has 146 valence electrons. The number of fused-ring (bicyclic) bond motifs is 1. The van der Waals surface area contributed by atoms with Gasteiger partial charge in [0.25, 0.3) is 0 Å². The minimum Gasteiger partial charge on any atom is -0.366 e. The molecule has 0 spiro atoms. The molecule has 2 aliphatic heterocycles. The number of piperidine rings is 1. The number of aromatic amines is 1. The largest absolute Gasteiger partial charge is 0.366 e. The third kappa shape index (κ3) is 3.56. The number of carbonyl (C=O) groups is 1. The lowest BCUT2D eigenvalue weighted by molar-refractivity contribution is -0.126. The molecule has 2 N–H and O–H groups in total. The molecule has 2 aromatic heterocycles. The summed E-state index contributed by atoms with van der Waals surface area (Å²) >= 11 is 0. The Morgan fingerprint density at radius 3 is 2.89 bits per heavy atom. The first kappa shape index (κ1) is 18.4. The number of nitrogens with zero attached hydrogens (tertiary/aromatic N) is 4. The van der Waals surface area contributed by atoms with E-state index in [1.54, 1.807) is 6.20 Å². The van der Waals surface area contributed by atoms with Crippen molar-refractivity contribution in [2.45, 2.75) is 44.7 Å². The summed E-state index contributed by atoms with van der Waals surface area (Å²) in [5, 5.41) is 3.49. The van der Waals surface area contributed by atoms with Gasteiger partial charge in [-0.2, -0.15) is 0 Å². The average Bonchev–Trinajstić information content (AvgIpc) is 3.11. The maximum Gasteiger partial charge on any atom is 0.245 e. The predicted octanol–water partition coefficient (Wildman–Crippen LogP) is 3.05. The van der Waals surface area contributed by atoms with Gasteiger partial charge in [-0.25, -0.2) is 9.97 Å². The fourth-order valence-electron chi connectivity index (χ4n) is 4.03. The number of dihydropyridines is 1. The summed E-state index contributed by atoms with van der Waals surface area (Å²) < 4.78 is 0. The van der Waals surface area contributed by atoms with Crippen LogP contribution in [0.25, 0.3) is 11.2 Å². The summed E-state index contributed by atoms with van der Waals surface area (Å²) in [5.41, 5.74) is 3.86. The monoisotopic (exact) mass is 378 g/mol. The zero-order chi connectivity index (χ0) is 19.7. The lowest BCUT2D eigenvalue weighted by atomic mass is 9.91. The molecule has 2 atom stereocenters. The Hall–Kier alpha value is -2.96. The average molecular weight is 378 g/mol. The van der Waals surface area contributed by atoms with Gasteiger partial charge in [-0.15, -0.1) is 0 Å². The van der Waals surface area contributed by atoms with Gasteiger partial charge in [0, 0.05) is 42.5 Å². The molecular weight excluding hydrogens is 352 g/mol. The molecule has 1 amide bonds. The molecule has 0 aliphatic carbocycles. The quantitative estimate of drug-likeness (QED) is 0.801. The predicted molar refractivity (Wildman–Crippen MR) is 112 cm³/mol. The van der Waals surface area contributed by atoms with Crippen molar-refractivity contribution in [1.29, 1.82) is 0 Å². The van der Waals surface area contributed by atoms with E-state index in [1.807, 2.05) is 18.0 Å². The van der Waals surface area contributed by atoms with Crippen LogP contribution >= 0.6 is 0 Å². The number of nitrogens with one attached hydrogen (secondary N) is 2. The number of amides is 1. The second-order valence-corrected chi connectivity index (χ2v) is 7.54. The normalized spacial score (nSPS) is 22.9. The Bertz CT molecular complexity index is 951. The zero-order valence-corrected chi connectivity index (χ0v) is 16.4. The molecular formula is C21H26N6O. The van der Waals surface area contributed by atoms with E-state index in [1.165, 1.54) is 6.08 Å². The Labute approximate surface area is 164 Å². The molecule has 2 unspecified atom stereocenters. The summed E-state index contributed by atoms with van der Waals surface area (Å²) in [6.07, 6.45) is 11.2. The fourth-order valence-corrected chi connectivity index (χ4v) is 4.03. The SMILES string of the molecule is C=CC(=O)N1CCC(Nc2cnc3[nH]cc(C4C=CC(C)=NC4C)c3n2)CC1. The summed E-state index contributed by atoms with van der Waals surface area (Å²) in [4.78, 5) is 30.9. The van der Waals surface area contributed by atoms with Crippen LogP contribution in [-0.4, -0.2) is 56.6 Å². The second-order valence-electron chi connectivity index (χ2n) is 7.54. The number of rotatable bonds is 4. The van der Waals surface area contributed by atoms with Crippen LogP contribution in [0.2, 0.25) is 0 Å². The molecule has 7 heteroatoms. The van der Waals surface area contributed by atoms with E-state index in [2.05, 4.69) is 45.9 Å². The first-order valence-corrected chi connectivity index (χ1v) is 9.79. The van der Waals surface area contributed by atoms with E-state index in [-0.39, 0.29) is 23.9 Å². The van der Waals surface area contributed by atoms with Crippen molar-refractivity contribution in [2.75, 3.05) is 18.4 Å². The molecule has 4 rings (SSSR count). The van der Waals surface area contributed by atoms with E-state index in [0.717, 1.165) is 54.2 Å². The van der Waals surface area contributed by atoms with Gasteiger partial charge in [-0.1, -0.05) is 12.7 Å². The van der Waals surface area contributed by atoms with Crippen LogP contribution in [0.5, 0.6) is 0 Å². The number of anilines is 1. The van der Waals surface area contributed by atoms with E-state index in [9.17, 15) is 4.79 Å². The van der Waals surface area contributed by atoms with Gasteiger partial charge in [0.05, 0.1) is 12.2 Å². The van der Waals surface area contributed by atoms with Crippen LogP contribution in [0, 0.1) is 0 Å². The van der Waals surface area contributed by atoms with Gasteiger partial charge < -0.3 is 15.2 Å².